The molecule has 0 aromatic heterocycles. The lowest BCUT2D eigenvalue weighted by Crippen LogP contribution is -2.24. The molecule has 0 aliphatic heterocycles. The summed E-state index contributed by atoms with van der Waals surface area (Å²) in [7, 11) is 1.54. The number of methoxy groups -OCH3 is 1. The lowest BCUT2D eigenvalue weighted by molar-refractivity contribution is -0.123. The molecule has 2 rings (SSSR count). The Morgan fingerprint density at radius 2 is 2.04 bits per heavy atom. The predicted molar refractivity (Wildman–Crippen MR) is 114 cm³/mol. The largest absolute Gasteiger partial charge is 0.493 e. The molecule has 2 aromatic rings. The molecule has 28 heavy (non-hydrogen) atoms. The van der Waals surface area contributed by atoms with E-state index in [1.807, 2.05) is 26.0 Å². The Morgan fingerprint density at radius 3 is 2.68 bits per heavy atom. The Bertz CT molecular complexity index is 828. The van der Waals surface area contributed by atoms with Gasteiger partial charge in [0, 0.05) is 4.47 Å². The van der Waals surface area contributed by atoms with Crippen LogP contribution < -0.4 is 19.6 Å². The van der Waals surface area contributed by atoms with Gasteiger partial charge in [-0.25, -0.2) is 5.43 Å². The summed E-state index contributed by atoms with van der Waals surface area (Å²) >= 11 is 9.64. The lowest BCUT2D eigenvalue weighted by atomic mass is 10.2. The van der Waals surface area contributed by atoms with Gasteiger partial charge < -0.3 is 14.2 Å². The van der Waals surface area contributed by atoms with E-state index in [9.17, 15) is 4.79 Å². The number of halogens is 2. The van der Waals surface area contributed by atoms with Crippen LogP contribution in [0.1, 0.15) is 25.8 Å². The van der Waals surface area contributed by atoms with Gasteiger partial charge in [-0.2, -0.15) is 5.10 Å². The van der Waals surface area contributed by atoms with Gasteiger partial charge >= 0.3 is 0 Å². The second-order valence-electron chi connectivity index (χ2n) is 5.91. The number of hydrogen-bond donors (Lipinski definition) is 1. The maximum Gasteiger partial charge on any atom is 0.277 e. The van der Waals surface area contributed by atoms with E-state index in [4.69, 9.17) is 25.8 Å². The third kappa shape index (κ3) is 6.73. The van der Waals surface area contributed by atoms with Gasteiger partial charge in [0.1, 0.15) is 5.75 Å². The van der Waals surface area contributed by atoms with E-state index in [1.54, 1.807) is 24.3 Å². The van der Waals surface area contributed by atoms with E-state index in [-0.39, 0.29) is 18.6 Å². The van der Waals surface area contributed by atoms with Gasteiger partial charge in [-0.1, -0.05) is 34.5 Å². The number of hydrogen-bond acceptors (Lipinski definition) is 5. The molecule has 0 fully saturated rings. The molecule has 0 spiro atoms. The highest BCUT2D eigenvalue weighted by atomic mass is 79.9. The second-order valence-corrected chi connectivity index (χ2v) is 7.23. The molecule has 0 unspecified atom stereocenters. The molecule has 6 nitrogen and oxygen atoms in total. The van der Waals surface area contributed by atoms with Crippen LogP contribution in [-0.2, 0) is 4.79 Å². The molecular formula is C20H22BrClN2O4. The van der Waals surface area contributed by atoms with Crippen LogP contribution in [0.5, 0.6) is 17.2 Å². The summed E-state index contributed by atoms with van der Waals surface area (Å²) in [5, 5.41) is 4.33. The minimum absolute atomic E-state index is 0.0101. The lowest BCUT2D eigenvalue weighted by Gasteiger charge is -2.17. The van der Waals surface area contributed by atoms with Crippen LogP contribution in [0.4, 0.5) is 0 Å². The van der Waals surface area contributed by atoms with Crippen molar-refractivity contribution in [2.45, 2.75) is 26.4 Å². The van der Waals surface area contributed by atoms with Gasteiger partial charge in [0.15, 0.2) is 18.1 Å². The van der Waals surface area contributed by atoms with Crippen LogP contribution in [0, 0.1) is 0 Å². The van der Waals surface area contributed by atoms with Crippen molar-refractivity contribution in [2.75, 3.05) is 13.7 Å². The first-order valence-electron chi connectivity index (χ1n) is 8.67. The molecule has 0 saturated carbocycles. The number of rotatable bonds is 9. The minimum Gasteiger partial charge on any atom is -0.493 e. The molecule has 1 N–H and O–H groups in total. The summed E-state index contributed by atoms with van der Waals surface area (Å²) in [6.45, 7) is 3.83. The number of carbonyl (C=O) groups is 1. The van der Waals surface area contributed by atoms with Gasteiger partial charge in [0.05, 0.1) is 24.5 Å². The van der Waals surface area contributed by atoms with E-state index in [2.05, 4.69) is 26.5 Å². The summed E-state index contributed by atoms with van der Waals surface area (Å²) in [5.41, 5.74) is 3.07. The van der Waals surface area contributed by atoms with Crippen LogP contribution in [0.2, 0.25) is 5.02 Å². The third-order valence-electron chi connectivity index (χ3n) is 3.73. The van der Waals surface area contributed by atoms with E-state index >= 15 is 0 Å². The molecule has 0 aliphatic carbocycles. The fourth-order valence-corrected chi connectivity index (χ4v) is 2.63. The predicted octanol–water partition coefficient (Wildman–Crippen LogP) is 4.82. The highest BCUT2D eigenvalue weighted by Gasteiger charge is 2.14. The summed E-state index contributed by atoms with van der Waals surface area (Å²) in [6.07, 6.45) is 2.33. The van der Waals surface area contributed by atoms with Crippen molar-refractivity contribution in [3.63, 3.8) is 0 Å². The Kier molecular flexibility index (Phi) is 8.60. The van der Waals surface area contributed by atoms with Crippen LogP contribution in [0.3, 0.4) is 0 Å². The zero-order valence-corrected chi connectivity index (χ0v) is 18.2. The quantitative estimate of drug-likeness (QED) is 0.422. The smallest absolute Gasteiger partial charge is 0.277 e. The Labute approximate surface area is 177 Å². The molecule has 0 heterocycles. The number of hydrazone groups is 1. The number of nitrogens with one attached hydrogen (secondary N) is 1. The first-order valence-corrected chi connectivity index (χ1v) is 9.84. The van der Waals surface area contributed by atoms with Crippen LogP contribution in [-0.4, -0.2) is 31.9 Å². The topological polar surface area (TPSA) is 69.2 Å². The van der Waals surface area contributed by atoms with Crippen molar-refractivity contribution in [3.8, 4) is 17.2 Å². The number of ether oxygens (including phenoxy) is 3. The maximum absolute atomic E-state index is 11.8. The van der Waals surface area contributed by atoms with Crippen molar-refractivity contribution in [2.24, 2.45) is 5.10 Å². The standard InChI is InChI=1S/C20H22BrClN2O4/c1-4-13(2)28-20-17(22)9-14(10-18(20)26-3)11-23-24-19(25)12-27-16-7-5-15(21)6-8-16/h5-11,13H,4,12H2,1-3H3,(H,24,25)/b23-11-/t13-/m0/s1. The monoisotopic (exact) mass is 468 g/mol. The summed E-state index contributed by atoms with van der Waals surface area (Å²) < 4.78 is 17.5. The summed E-state index contributed by atoms with van der Waals surface area (Å²) in [4.78, 5) is 11.8. The summed E-state index contributed by atoms with van der Waals surface area (Å²) in [6, 6.07) is 10.6. The Balaban J connectivity index is 1.94. The molecule has 150 valence electrons. The van der Waals surface area contributed by atoms with Crippen LogP contribution in [0.15, 0.2) is 46.0 Å². The Morgan fingerprint density at radius 1 is 1.32 bits per heavy atom. The summed E-state index contributed by atoms with van der Waals surface area (Å²) in [5.74, 6) is 1.20. The SMILES string of the molecule is CC[C@H](C)Oc1c(Cl)cc(/C=N\NC(=O)COc2ccc(Br)cc2)cc1OC. The average molecular weight is 470 g/mol. The number of benzene rings is 2. The molecule has 0 aliphatic rings. The molecule has 1 amide bonds. The zero-order chi connectivity index (χ0) is 20.5. The molecule has 8 heteroatoms. The van der Waals surface area contributed by atoms with Gasteiger partial charge in [-0.3, -0.25) is 4.79 Å². The number of amides is 1. The number of carbonyl (C=O) groups excluding carboxylic acids is 1. The van der Waals surface area contributed by atoms with Crippen LogP contribution >= 0.6 is 27.5 Å². The maximum atomic E-state index is 11.8. The first kappa shape index (κ1) is 22.0. The zero-order valence-electron chi connectivity index (χ0n) is 15.9. The van der Waals surface area contributed by atoms with Crippen molar-refractivity contribution < 1.29 is 19.0 Å². The molecule has 0 radical (unpaired) electrons. The highest BCUT2D eigenvalue weighted by molar-refractivity contribution is 9.10. The van der Waals surface area contributed by atoms with Crippen molar-refractivity contribution in [1.82, 2.24) is 5.43 Å². The van der Waals surface area contributed by atoms with Gasteiger partial charge in [0.2, 0.25) is 0 Å². The van der Waals surface area contributed by atoms with E-state index in [0.29, 0.717) is 27.8 Å². The van der Waals surface area contributed by atoms with Crippen molar-refractivity contribution in [1.29, 1.82) is 0 Å². The second kappa shape index (κ2) is 10.9. The third-order valence-corrected chi connectivity index (χ3v) is 4.54. The van der Waals surface area contributed by atoms with Gasteiger partial charge in [-0.05, 0) is 55.3 Å². The van der Waals surface area contributed by atoms with Gasteiger partial charge in [-0.15, -0.1) is 0 Å². The minimum atomic E-state index is -0.381. The molecule has 0 bridgehead atoms. The number of nitrogens with zero attached hydrogens (tertiary/aromatic N) is 1. The van der Waals surface area contributed by atoms with Crippen molar-refractivity contribution >= 4 is 39.7 Å². The molecule has 2 aromatic carbocycles. The fraction of sp³-hybridized carbons (Fsp3) is 0.300. The molecule has 1 atom stereocenters. The normalized spacial score (nSPS) is 11.9. The molecular weight excluding hydrogens is 448 g/mol. The van der Waals surface area contributed by atoms with E-state index in [1.165, 1.54) is 13.3 Å². The average Bonchev–Trinajstić information content (AvgIpc) is 2.69. The van der Waals surface area contributed by atoms with Crippen molar-refractivity contribution in [3.05, 3.63) is 51.5 Å². The fourth-order valence-electron chi connectivity index (χ4n) is 2.10. The Hall–Kier alpha value is -2.25. The highest BCUT2D eigenvalue weighted by Crippen LogP contribution is 2.37. The van der Waals surface area contributed by atoms with Crippen LogP contribution in [0.25, 0.3) is 0 Å². The van der Waals surface area contributed by atoms with E-state index in [0.717, 1.165) is 10.9 Å². The van der Waals surface area contributed by atoms with Gasteiger partial charge in [0.25, 0.3) is 5.91 Å². The first-order chi connectivity index (χ1) is 13.4. The van der Waals surface area contributed by atoms with E-state index < -0.39 is 0 Å². The molecule has 0 saturated heterocycles.